The number of thioether (sulfide) groups is 1. The van der Waals surface area contributed by atoms with E-state index in [0.29, 0.717) is 5.25 Å². The molecule has 0 saturated carbocycles. The van der Waals surface area contributed by atoms with E-state index in [4.69, 9.17) is 0 Å². The molecule has 0 bridgehead atoms. The van der Waals surface area contributed by atoms with Crippen molar-refractivity contribution < 1.29 is 4.79 Å². The van der Waals surface area contributed by atoms with Crippen molar-refractivity contribution in [2.24, 2.45) is 0 Å². The molecule has 1 amide bonds. The van der Waals surface area contributed by atoms with Crippen molar-refractivity contribution >= 4 is 23.7 Å². The van der Waals surface area contributed by atoms with Crippen molar-refractivity contribution in [3.8, 4) is 0 Å². The Balaban J connectivity index is 1.62. The molecule has 1 fully saturated rings. The van der Waals surface area contributed by atoms with Gasteiger partial charge in [0, 0.05) is 30.2 Å². The highest BCUT2D eigenvalue weighted by molar-refractivity contribution is 7.99. The minimum absolute atomic E-state index is 0.116. The number of aryl methyl sites for hydroxylation is 1. The number of nitrogens with zero attached hydrogens (tertiary/aromatic N) is 1. The second-order valence-corrected chi connectivity index (χ2v) is 7.38. The molecule has 3 heteroatoms. The van der Waals surface area contributed by atoms with Crippen LogP contribution in [-0.4, -0.2) is 29.6 Å². The summed E-state index contributed by atoms with van der Waals surface area (Å²) in [4.78, 5) is 14.4. The van der Waals surface area contributed by atoms with Crippen LogP contribution in [0.1, 0.15) is 28.4 Å². The Bertz CT molecular complexity index is 711. The number of carbonyl (C=O) groups excluding carboxylic acids is 1. The van der Waals surface area contributed by atoms with E-state index >= 15 is 0 Å². The molecular formula is C21H23NOS. The van der Waals surface area contributed by atoms with Gasteiger partial charge in [0.05, 0.1) is 0 Å². The third-order valence-corrected chi connectivity index (χ3v) is 5.72. The van der Waals surface area contributed by atoms with E-state index < -0.39 is 0 Å². The summed E-state index contributed by atoms with van der Waals surface area (Å²) in [6, 6.07) is 18.6. The molecule has 0 N–H and O–H groups in total. The van der Waals surface area contributed by atoms with E-state index in [1.807, 2.05) is 53.1 Å². The van der Waals surface area contributed by atoms with Gasteiger partial charge in [-0.15, -0.1) is 0 Å². The Morgan fingerprint density at radius 2 is 1.83 bits per heavy atom. The fourth-order valence-electron chi connectivity index (χ4n) is 3.02. The quantitative estimate of drug-likeness (QED) is 0.756. The van der Waals surface area contributed by atoms with E-state index in [0.717, 1.165) is 30.8 Å². The minimum atomic E-state index is 0.116. The number of benzene rings is 2. The Kier molecular flexibility index (Phi) is 5.76. The topological polar surface area (TPSA) is 20.3 Å². The molecule has 0 spiro atoms. The highest BCUT2D eigenvalue weighted by Gasteiger charge is 2.21. The second-order valence-electron chi connectivity index (χ2n) is 6.07. The summed E-state index contributed by atoms with van der Waals surface area (Å²) in [7, 11) is 0. The third kappa shape index (κ3) is 4.30. The van der Waals surface area contributed by atoms with Crippen molar-refractivity contribution in [1.82, 2.24) is 4.90 Å². The van der Waals surface area contributed by atoms with E-state index in [2.05, 4.69) is 31.2 Å². The summed E-state index contributed by atoms with van der Waals surface area (Å²) >= 11 is 1.97. The maximum Gasteiger partial charge on any atom is 0.246 e. The van der Waals surface area contributed by atoms with Gasteiger partial charge < -0.3 is 4.90 Å². The number of hydrogen-bond acceptors (Lipinski definition) is 2. The number of amides is 1. The second kappa shape index (κ2) is 8.20. The third-order valence-electron chi connectivity index (χ3n) is 4.41. The maximum atomic E-state index is 12.5. The van der Waals surface area contributed by atoms with Gasteiger partial charge >= 0.3 is 0 Å². The molecule has 1 saturated heterocycles. The average molecular weight is 337 g/mol. The first-order valence-corrected chi connectivity index (χ1v) is 9.48. The molecule has 0 aliphatic carbocycles. The van der Waals surface area contributed by atoms with Crippen LogP contribution in [0.4, 0.5) is 0 Å². The van der Waals surface area contributed by atoms with Crippen LogP contribution in [0.2, 0.25) is 0 Å². The van der Waals surface area contributed by atoms with Crippen molar-refractivity contribution in [3.63, 3.8) is 0 Å². The number of hydrogen-bond donors (Lipinski definition) is 0. The molecule has 124 valence electrons. The highest BCUT2D eigenvalue weighted by atomic mass is 32.2. The first-order valence-electron chi connectivity index (χ1n) is 8.43. The molecule has 3 rings (SSSR count). The molecule has 0 unspecified atom stereocenters. The molecular weight excluding hydrogens is 314 g/mol. The first kappa shape index (κ1) is 16.8. The molecule has 1 atom stereocenters. The number of carbonyl (C=O) groups is 1. The van der Waals surface area contributed by atoms with Crippen molar-refractivity contribution in [2.75, 3.05) is 18.8 Å². The maximum absolute atomic E-state index is 12.5. The Morgan fingerprint density at radius 1 is 1.08 bits per heavy atom. The monoisotopic (exact) mass is 337 g/mol. The Morgan fingerprint density at radius 3 is 2.62 bits per heavy atom. The lowest BCUT2D eigenvalue weighted by Crippen LogP contribution is -2.31. The van der Waals surface area contributed by atoms with Crippen molar-refractivity contribution in [2.45, 2.75) is 18.6 Å². The SMILES string of the molecule is Cc1ccccc1[C@H]1CCN(C(=O)/C=C/c2ccccc2)CCS1. The van der Waals surface area contributed by atoms with E-state index in [1.165, 1.54) is 11.1 Å². The lowest BCUT2D eigenvalue weighted by molar-refractivity contribution is -0.125. The van der Waals surface area contributed by atoms with Gasteiger partial charge in [-0.25, -0.2) is 0 Å². The highest BCUT2D eigenvalue weighted by Crippen LogP contribution is 2.35. The fourth-order valence-corrected chi connectivity index (χ4v) is 4.35. The molecule has 2 nitrogen and oxygen atoms in total. The zero-order chi connectivity index (χ0) is 16.8. The molecule has 0 radical (unpaired) electrons. The van der Waals surface area contributed by atoms with Crippen LogP contribution in [0.15, 0.2) is 60.7 Å². The summed E-state index contributed by atoms with van der Waals surface area (Å²) < 4.78 is 0. The van der Waals surface area contributed by atoms with Crippen LogP contribution in [0, 0.1) is 6.92 Å². The zero-order valence-corrected chi connectivity index (χ0v) is 14.8. The molecule has 0 aromatic heterocycles. The summed E-state index contributed by atoms with van der Waals surface area (Å²) in [5.74, 6) is 1.11. The van der Waals surface area contributed by atoms with Crippen LogP contribution < -0.4 is 0 Å². The molecule has 1 aliphatic heterocycles. The van der Waals surface area contributed by atoms with Gasteiger partial charge in [-0.3, -0.25) is 4.79 Å². The normalized spacial score (nSPS) is 18.5. The summed E-state index contributed by atoms with van der Waals surface area (Å²) in [5, 5.41) is 0.488. The van der Waals surface area contributed by atoms with Crippen LogP contribution in [0.3, 0.4) is 0 Å². The Hall–Kier alpha value is -2.00. The summed E-state index contributed by atoms with van der Waals surface area (Å²) in [6.07, 6.45) is 4.62. The first-order chi connectivity index (χ1) is 11.7. The van der Waals surface area contributed by atoms with Crippen molar-refractivity contribution in [1.29, 1.82) is 0 Å². The average Bonchev–Trinajstić information content (AvgIpc) is 2.87. The van der Waals surface area contributed by atoms with Gasteiger partial charge in [-0.05, 0) is 36.1 Å². The van der Waals surface area contributed by atoms with Gasteiger partial charge in [0.2, 0.25) is 5.91 Å². The van der Waals surface area contributed by atoms with E-state index in [1.54, 1.807) is 6.08 Å². The molecule has 1 aliphatic rings. The smallest absolute Gasteiger partial charge is 0.246 e. The van der Waals surface area contributed by atoms with Gasteiger partial charge in [-0.2, -0.15) is 11.8 Å². The van der Waals surface area contributed by atoms with Crippen LogP contribution >= 0.6 is 11.8 Å². The predicted octanol–water partition coefficient (Wildman–Crippen LogP) is 4.72. The number of rotatable bonds is 3. The lowest BCUT2D eigenvalue weighted by atomic mass is 10.0. The lowest BCUT2D eigenvalue weighted by Gasteiger charge is -2.19. The fraction of sp³-hybridized carbons (Fsp3) is 0.286. The van der Waals surface area contributed by atoms with Crippen LogP contribution in [-0.2, 0) is 4.79 Å². The van der Waals surface area contributed by atoms with Gasteiger partial charge in [0.15, 0.2) is 0 Å². The van der Waals surface area contributed by atoms with E-state index in [9.17, 15) is 4.79 Å². The van der Waals surface area contributed by atoms with Crippen LogP contribution in [0.25, 0.3) is 6.08 Å². The summed E-state index contributed by atoms with van der Waals surface area (Å²) in [6.45, 7) is 3.82. The van der Waals surface area contributed by atoms with Gasteiger partial charge in [0.25, 0.3) is 0 Å². The largest absolute Gasteiger partial charge is 0.338 e. The standard InChI is InChI=1S/C21H23NOS/c1-17-7-5-6-10-19(17)20-13-14-22(15-16-24-20)21(23)12-11-18-8-3-2-4-9-18/h2-12,20H,13-16H2,1H3/b12-11+/t20-/m1/s1. The minimum Gasteiger partial charge on any atom is -0.338 e. The van der Waals surface area contributed by atoms with Crippen molar-refractivity contribution in [3.05, 3.63) is 77.4 Å². The predicted molar refractivity (Wildman–Crippen MR) is 103 cm³/mol. The van der Waals surface area contributed by atoms with E-state index in [-0.39, 0.29) is 5.91 Å². The summed E-state index contributed by atoms with van der Waals surface area (Å²) in [5.41, 5.74) is 3.82. The molecule has 2 aromatic carbocycles. The molecule has 24 heavy (non-hydrogen) atoms. The Labute approximate surface area is 148 Å². The van der Waals surface area contributed by atoms with Gasteiger partial charge in [-0.1, -0.05) is 54.6 Å². The zero-order valence-electron chi connectivity index (χ0n) is 14.0. The molecule has 1 heterocycles. The van der Waals surface area contributed by atoms with Gasteiger partial charge in [0.1, 0.15) is 0 Å². The van der Waals surface area contributed by atoms with Crippen LogP contribution in [0.5, 0.6) is 0 Å². The molecule has 2 aromatic rings.